The lowest BCUT2D eigenvalue weighted by Crippen LogP contribution is -1.91. The van der Waals surface area contributed by atoms with Crippen LogP contribution >= 0.6 is 0 Å². The van der Waals surface area contributed by atoms with E-state index in [2.05, 4.69) is 15.1 Å². The third-order valence-corrected chi connectivity index (χ3v) is 1.69. The van der Waals surface area contributed by atoms with E-state index in [1.807, 2.05) is 41.7 Å². The van der Waals surface area contributed by atoms with E-state index in [-0.39, 0.29) is 0 Å². The van der Waals surface area contributed by atoms with Gasteiger partial charge in [-0.1, -0.05) is 27.7 Å². The van der Waals surface area contributed by atoms with Crippen LogP contribution in [0.2, 0.25) is 0 Å². The molecule has 0 amide bonds. The molecule has 0 aliphatic heterocycles. The first-order valence-corrected chi connectivity index (χ1v) is 5.38. The lowest BCUT2D eigenvalue weighted by Gasteiger charge is -1.88. The van der Waals surface area contributed by atoms with Gasteiger partial charge >= 0.3 is 0 Å². The SMILES string of the molecule is CC.CC.Cc1nn(C)c2ncncc12. The molecule has 0 aromatic carbocycles. The zero-order valence-corrected chi connectivity index (χ0v) is 10.4. The number of hydrogen-bond donors (Lipinski definition) is 0. The van der Waals surface area contributed by atoms with Gasteiger partial charge in [0.25, 0.3) is 0 Å². The fraction of sp³-hybridized carbons (Fsp3) is 0.545. The van der Waals surface area contributed by atoms with Crippen LogP contribution in [-0.2, 0) is 7.05 Å². The predicted octanol–water partition coefficient (Wildman–Crippen LogP) is 2.72. The Bertz CT molecular complexity index is 356. The van der Waals surface area contributed by atoms with Gasteiger partial charge in [0.15, 0.2) is 5.65 Å². The number of aryl methyl sites for hydroxylation is 2. The minimum atomic E-state index is 0.887. The second-order valence-corrected chi connectivity index (χ2v) is 2.47. The minimum absolute atomic E-state index is 0.887. The van der Waals surface area contributed by atoms with Crippen LogP contribution in [0.1, 0.15) is 33.4 Å². The molecule has 0 aliphatic rings. The second kappa shape index (κ2) is 6.92. The highest BCUT2D eigenvalue weighted by atomic mass is 15.3. The summed E-state index contributed by atoms with van der Waals surface area (Å²) in [6.07, 6.45) is 3.31. The van der Waals surface area contributed by atoms with E-state index in [1.165, 1.54) is 6.33 Å². The van der Waals surface area contributed by atoms with Crippen LogP contribution in [0, 0.1) is 6.92 Å². The maximum Gasteiger partial charge on any atom is 0.161 e. The molecule has 2 aromatic heterocycles. The topological polar surface area (TPSA) is 43.6 Å². The summed E-state index contributed by atoms with van der Waals surface area (Å²) in [5, 5.41) is 5.23. The number of fused-ring (bicyclic) bond motifs is 1. The summed E-state index contributed by atoms with van der Waals surface area (Å²) < 4.78 is 1.76. The molecule has 0 N–H and O–H groups in total. The largest absolute Gasteiger partial charge is 0.250 e. The molecule has 2 aromatic rings. The van der Waals surface area contributed by atoms with Crippen LogP contribution in [-0.4, -0.2) is 19.7 Å². The number of aromatic nitrogens is 4. The minimum Gasteiger partial charge on any atom is -0.250 e. The number of rotatable bonds is 0. The van der Waals surface area contributed by atoms with Crippen molar-refractivity contribution >= 4 is 11.0 Å². The Kier molecular flexibility index (Phi) is 6.25. The lowest BCUT2D eigenvalue weighted by molar-refractivity contribution is 0.773. The maximum atomic E-state index is 4.20. The normalized spacial score (nSPS) is 8.67. The van der Waals surface area contributed by atoms with Gasteiger partial charge in [0.1, 0.15) is 6.33 Å². The molecule has 2 rings (SSSR count). The molecule has 0 bridgehead atoms. The molecule has 0 aliphatic carbocycles. The van der Waals surface area contributed by atoms with E-state index >= 15 is 0 Å². The fourth-order valence-corrected chi connectivity index (χ4v) is 1.16. The van der Waals surface area contributed by atoms with Gasteiger partial charge in [-0.2, -0.15) is 5.10 Å². The Morgan fingerprint density at radius 2 is 1.73 bits per heavy atom. The second-order valence-electron chi connectivity index (χ2n) is 2.47. The Morgan fingerprint density at radius 3 is 2.27 bits per heavy atom. The zero-order valence-electron chi connectivity index (χ0n) is 10.4. The van der Waals surface area contributed by atoms with E-state index in [1.54, 1.807) is 10.9 Å². The van der Waals surface area contributed by atoms with Gasteiger partial charge in [0.05, 0.1) is 11.1 Å². The molecule has 0 spiro atoms. The van der Waals surface area contributed by atoms with Gasteiger partial charge in [-0.3, -0.25) is 4.68 Å². The number of hydrogen-bond acceptors (Lipinski definition) is 3. The molecule has 4 heteroatoms. The summed E-state index contributed by atoms with van der Waals surface area (Å²) in [5.74, 6) is 0. The first-order valence-electron chi connectivity index (χ1n) is 5.38. The van der Waals surface area contributed by atoms with E-state index in [4.69, 9.17) is 0 Å². The molecule has 2 heterocycles. The van der Waals surface area contributed by atoms with Crippen molar-refractivity contribution in [1.29, 1.82) is 0 Å². The summed E-state index contributed by atoms with van der Waals surface area (Å²) in [5.41, 5.74) is 1.86. The Morgan fingerprint density at radius 1 is 1.13 bits per heavy atom. The Balaban J connectivity index is 0.000000442. The highest BCUT2D eigenvalue weighted by Crippen LogP contribution is 2.11. The highest BCUT2D eigenvalue weighted by molar-refractivity contribution is 5.76. The molecular weight excluding hydrogens is 188 g/mol. The van der Waals surface area contributed by atoms with Gasteiger partial charge in [-0.25, -0.2) is 9.97 Å². The first-order chi connectivity index (χ1) is 7.29. The van der Waals surface area contributed by atoms with Crippen LogP contribution in [0.15, 0.2) is 12.5 Å². The van der Waals surface area contributed by atoms with Crippen LogP contribution in [0.4, 0.5) is 0 Å². The third kappa shape index (κ3) is 3.01. The van der Waals surface area contributed by atoms with Crippen molar-refractivity contribution in [2.75, 3.05) is 0 Å². The molecule has 4 nitrogen and oxygen atoms in total. The number of nitrogens with zero attached hydrogens (tertiary/aromatic N) is 4. The summed E-state index contributed by atoms with van der Waals surface area (Å²) in [6, 6.07) is 0. The van der Waals surface area contributed by atoms with Crippen molar-refractivity contribution < 1.29 is 0 Å². The smallest absolute Gasteiger partial charge is 0.161 e. The van der Waals surface area contributed by atoms with Crippen molar-refractivity contribution in [3.63, 3.8) is 0 Å². The van der Waals surface area contributed by atoms with Gasteiger partial charge in [0.2, 0.25) is 0 Å². The molecule has 0 saturated carbocycles. The third-order valence-electron chi connectivity index (χ3n) is 1.69. The van der Waals surface area contributed by atoms with Crippen LogP contribution in [0.3, 0.4) is 0 Å². The maximum absolute atomic E-state index is 4.20. The zero-order chi connectivity index (χ0) is 11.8. The standard InChI is InChI=1S/C7H8N4.2C2H6/c1-5-6-3-8-4-9-7(6)11(2)10-5;2*1-2/h3-4H,1-2H3;2*1-2H3. The van der Waals surface area contributed by atoms with Gasteiger partial charge < -0.3 is 0 Å². The molecule has 0 unspecified atom stereocenters. The van der Waals surface area contributed by atoms with Crippen LogP contribution in [0.25, 0.3) is 11.0 Å². The summed E-state index contributed by atoms with van der Waals surface area (Å²) in [7, 11) is 1.88. The van der Waals surface area contributed by atoms with Gasteiger partial charge in [0, 0.05) is 13.2 Å². The molecule has 0 radical (unpaired) electrons. The molecule has 15 heavy (non-hydrogen) atoms. The van der Waals surface area contributed by atoms with E-state index < -0.39 is 0 Å². The summed E-state index contributed by atoms with van der Waals surface area (Å²) in [6.45, 7) is 9.95. The molecule has 0 atom stereocenters. The van der Waals surface area contributed by atoms with Crippen molar-refractivity contribution in [1.82, 2.24) is 19.7 Å². The molecule has 0 saturated heterocycles. The van der Waals surface area contributed by atoms with Crippen molar-refractivity contribution in [2.45, 2.75) is 34.6 Å². The molecule has 0 fully saturated rings. The van der Waals surface area contributed by atoms with Crippen LogP contribution in [0.5, 0.6) is 0 Å². The first kappa shape index (κ1) is 13.5. The lowest BCUT2D eigenvalue weighted by atomic mass is 10.3. The highest BCUT2D eigenvalue weighted by Gasteiger charge is 2.03. The average Bonchev–Trinajstić information content (AvgIpc) is 2.61. The summed E-state index contributed by atoms with van der Waals surface area (Å²) >= 11 is 0. The monoisotopic (exact) mass is 208 g/mol. The Labute approximate surface area is 91.4 Å². The fourth-order valence-electron chi connectivity index (χ4n) is 1.16. The van der Waals surface area contributed by atoms with Gasteiger partial charge in [-0.05, 0) is 6.92 Å². The van der Waals surface area contributed by atoms with Crippen molar-refractivity contribution in [2.24, 2.45) is 7.05 Å². The quantitative estimate of drug-likeness (QED) is 0.668. The molecular formula is C11H20N4. The molecule has 84 valence electrons. The summed E-state index contributed by atoms with van der Waals surface area (Å²) in [4.78, 5) is 8.01. The van der Waals surface area contributed by atoms with Crippen molar-refractivity contribution in [3.05, 3.63) is 18.2 Å². The van der Waals surface area contributed by atoms with Crippen LogP contribution < -0.4 is 0 Å². The van der Waals surface area contributed by atoms with Gasteiger partial charge in [-0.15, -0.1) is 0 Å². The van der Waals surface area contributed by atoms with E-state index in [0.717, 1.165) is 16.7 Å². The van der Waals surface area contributed by atoms with E-state index in [9.17, 15) is 0 Å². The average molecular weight is 208 g/mol. The van der Waals surface area contributed by atoms with Crippen molar-refractivity contribution in [3.8, 4) is 0 Å². The Hall–Kier alpha value is -1.45. The van der Waals surface area contributed by atoms with E-state index in [0.29, 0.717) is 0 Å². The predicted molar refractivity (Wildman–Crippen MR) is 63.7 cm³/mol.